The zero-order chi connectivity index (χ0) is 26.8. The summed E-state index contributed by atoms with van der Waals surface area (Å²) >= 11 is 1.45. The van der Waals surface area contributed by atoms with Crippen LogP contribution in [0, 0.1) is 11.3 Å². The lowest BCUT2D eigenvalue weighted by Gasteiger charge is -2.35. The van der Waals surface area contributed by atoms with Gasteiger partial charge in [-0.15, -0.1) is 0 Å². The van der Waals surface area contributed by atoms with E-state index in [1.54, 1.807) is 42.6 Å². The van der Waals surface area contributed by atoms with Gasteiger partial charge in [0.2, 0.25) is 0 Å². The SMILES string of the molecule is COC(=O)C1=C(C(=O)OC)N(c2ccc(-c3nc4cccnc4s3)cc2)C(N)=C(C#N)C1c1ccccc1. The molecule has 10 heteroatoms. The number of allylic oxidation sites excluding steroid dienone is 1. The zero-order valence-electron chi connectivity index (χ0n) is 20.4. The maximum Gasteiger partial charge on any atom is 0.355 e. The molecule has 5 rings (SSSR count). The van der Waals surface area contributed by atoms with Crippen LogP contribution in [-0.2, 0) is 19.1 Å². The smallest absolute Gasteiger partial charge is 0.355 e. The van der Waals surface area contributed by atoms with Gasteiger partial charge in [0.25, 0.3) is 0 Å². The molecular formula is C28H21N5O4S. The van der Waals surface area contributed by atoms with Crippen LogP contribution < -0.4 is 10.6 Å². The number of anilines is 1. The fourth-order valence-electron chi connectivity index (χ4n) is 4.43. The van der Waals surface area contributed by atoms with E-state index in [-0.39, 0.29) is 22.7 Å². The number of nitrogens with zero attached hydrogens (tertiary/aromatic N) is 4. The number of carbonyl (C=O) groups is 2. The summed E-state index contributed by atoms with van der Waals surface area (Å²) in [7, 11) is 2.43. The molecule has 4 aromatic rings. The molecule has 188 valence electrons. The van der Waals surface area contributed by atoms with Crippen LogP contribution in [0.4, 0.5) is 5.69 Å². The highest BCUT2D eigenvalue weighted by atomic mass is 32.1. The van der Waals surface area contributed by atoms with E-state index in [0.717, 1.165) is 20.9 Å². The number of rotatable bonds is 5. The molecule has 1 aliphatic rings. The fourth-order valence-corrected chi connectivity index (χ4v) is 5.34. The van der Waals surface area contributed by atoms with E-state index in [4.69, 9.17) is 15.2 Å². The van der Waals surface area contributed by atoms with E-state index in [0.29, 0.717) is 11.3 Å². The monoisotopic (exact) mass is 523 g/mol. The molecule has 1 atom stereocenters. The minimum absolute atomic E-state index is 0.00587. The molecule has 0 aliphatic carbocycles. The Hall–Kier alpha value is -5.01. The van der Waals surface area contributed by atoms with Crippen LogP contribution in [0.25, 0.3) is 20.9 Å². The summed E-state index contributed by atoms with van der Waals surface area (Å²) in [5, 5.41) is 10.9. The van der Waals surface area contributed by atoms with Gasteiger partial charge in [-0.25, -0.2) is 19.6 Å². The van der Waals surface area contributed by atoms with Gasteiger partial charge in [-0.2, -0.15) is 5.26 Å². The minimum atomic E-state index is -0.923. The number of fused-ring (bicyclic) bond motifs is 1. The largest absolute Gasteiger partial charge is 0.466 e. The van der Waals surface area contributed by atoms with Crippen LogP contribution in [0.3, 0.4) is 0 Å². The van der Waals surface area contributed by atoms with Gasteiger partial charge in [-0.3, -0.25) is 4.90 Å². The predicted molar refractivity (Wildman–Crippen MR) is 142 cm³/mol. The molecule has 0 amide bonds. The van der Waals surface area contributed by atoms with Crippen LogP contribution in [0.2, 0.25) is 0 Å². The van der Waals surface area contributed by atoms with E-state index in [1.807, 2.05) is 30.3 Å². The van der Waals surface area contributed by atoms with Gasteiger partial charge in [0, 0.05) is 17.4 Å². The van der Waals surface area contributed by atoms with Crippen LogP contribution in [-0.4, -0.2) is 36.1 Å². The molecule has 2 aromatic heterocycles. The Morgan fingerprint density at radius 1 is 1.00 bits per heavy atom. The Balaban J connectivity index is 1.68. The number of esters is 2. The number of methoxy groups -OCH3 is 2. The number of hydrogen-bond acceptors (Lipinski definition) is 10. The minimum Gasteiger partial charge on any atom is -0.466 e. The highest BCUT2D eigenvalue weighted by Crippen LogP contribution is 2.43. The Kier molecular flexibility index (Phi) is 6.60. The van der Waals surface area contributed by atoms with Crippen molar-refractivity contribution in [1.29, 1.82) is 5.26 Å². The number of aromatic nitrogens is 2. The molecule has 0 bridgehead atoms. The fraction of sp³-hybridized carbons (Fsp3) is 0.107. The van der Waals surface area contributed by atoms with Crippen LogP contribution in [0.5, 0.6) is 0 Å². The Bertz CT molecular complexity index is 1620. The summed E-state index contributed by atoms with van der Waals surface area (Å²) in [4.78, 5) is 37.5. The van der Waals surface area contributed by atoms with Crippen molar-refractivity contribution in [2.75, 3.05) is 19.1 Å². The second-order valence-corrected chi connectivity index (χ2v) is 9.21. The van der Waals surface area contributed by atoms with Crippen molar-refractivity contribution in [1.82, 2.24) is 9.97 Å². The Morgan fingerprint density at radius 2 is 1.71 bits per heavy atom. The number of pyridine rings is 1. The van der Waals surface area contributed by atoms with Crippen LogP contribution in [0.1, 0.15) is 11.5 Å². The van der Waals surface area contributed by atoms with Crippen molar-refractivity contribution in [3.8, 4) is 16.6 Å². The summed E-state index contributed by atoms with van der Waals surface area (Å²) in [6, 6.07) is 21.8. The van der Waals surface area contributed by atoms with E-state index in [2.05, 4.69) is 16.0 Å². The first-order chi connectivity index (χ1) is 18.5. The second-order valence-electron chi connectivity index (χ2n) is 8.23. The third-order valence-electron chi connectivity index (χ3n) is 6.15. The second kappa shape index (κ2) is 10.2. The molecule has 2 aromatic carbocycles. The predicted octanol–water partition coefficient (Wildman–Crippen LogP) is 4.26. The van der Waals surface area contributed by atoms with E-state index < -0.39 is 17.9 Å². The van der Waals surface area contributed by atoms with Gasteiger partial charge < -0.3 is 15.2 Å². The number of thiazole rings is 1. The highest BCUT2D eigenvalue weighted by molar-refractivity contribution is 7.21. The summed E-state index contributed by atoms with van der Waals surface area (Å²) < 4.78 is 10.1. The molecule has 0 saturated carbocycles. The maximum absolute atomic E-state index is 13.2. The van der Waals surface area contributed by atoms with Crippen LogP contribution >= 0.6 is 11.3 Å². The third kappa shape index (κ3) is 4.15. The van der Waals surface area contributed by atoms with Gasteiger partial charge >= 0.3 is 11.9 Å². The van der Waals surface area contributed by atoms with Crippen molar-refractivity contribution in [2.45, 2.75) is 5.92 Å². The first-order valence-corrected chi connectivity index (χ1v) is 12.3. The molecule has 3 heterocycles. The molecule has 0 radical (unpaired) electrons. The molecule has 1 unspecified atom stereocenters. The quantitative estimate of drug-likeness (QED) is 0.381. The average Bonchev–Trinajstić information content (AvgIpc) is 3.40. The molecule has 0 spiro atoms. The normalized spacial score (nSPS) is 15.4. The van der Waals surface area contributed by atoms with Crippen molar-refractivity contribution in [3.05, 3.63) is 101 Å². The molecule has 1 aliphatic heterocycles. The molecule has 0 fully saturated rings. The van der Waals surface area contributed by atoms with Gasteiger partial charge in [-0.1, -0.05) is 41.7 Å². The summed E-state index contributed by atoms with van der Waals surface area (Å²) in [6.45, 7) is 0. The number of ether oxygens (including phenoxy) is 2. The molecule has 2 N–H and O–H groups in total. The third-order valence-corrected chi connectivity index (χ3v) is 7.18. The Labute approximate surface area is 222 Å². The van der Waals surface area contributed by atoms with Gasteiger partial charge in [0.1, 0.15) is 26.9 Å². The summed E-state index contributed by atoms with van der Waals surface area (Å²) in [6.07, 6.45) is 1.72. The van der Waals surface area contributed by atoms with Crippen molar-refractivity contribution in [3.63, 3.8) is 0 Å². The molecule has 9 nitrogen and oxygen atoms in total. The number of hydrogen-bond donors (Lipinski definition) is 1. The Morgan fingerprint density at radius 3 is 2.34 bits per heavy atom. The van der Waals surface area contributed by atoms with Crippen molar-refractivity contribution < 1.29 is 19.1 Å². The van der Waals surface area contributed by atoms with Crippen LogP contribution in [0.15, 0.2) is 95.6 Å². The molecule has 0 saturated heterocycles. The standard InChI is InChI=1S/C28H21N5O4S/c1-36-27(34)22-21(16-7-4-3-5-8-16)19(15-29)24(30)33(23(22)28(35)37-2)18-12-10-17(11-13-18)25-32-20-9-6-14-31-26(20)38-25/h3-14,21H,30H2,1-2H3. The van der Waals surface area contributed by atoms with Crippen molar-refractivity contribution >= 4 is 39.3 Å². The number of benzene rings is 2. The van der Waals surface area contributed by atoms with Gasteiger partial charge in [0.05, 0.1) is 37.4 Å². The number of nitrogens with two attached hydrogens (primary N) is 1. The maximum atomic E-state index is 13.2. The first kappa shape index (κ1) is 24.7. The van der Waals surface area contributed by atoms with Gasteiger partial charge in [-0.05, 0) is 42.0 Å². The highest BCUT2D eigenvalue weighted by Gasteiger charge is 2.42. The van der Waals surface area contributed by atoms with E-state index in [1.165, 1.54) is 30.5 Å². The lowest BCUT2D eigenvalue weighted by molar-refractivity contribution is -0.139. The van der Waals surface area contributed by atoms with Crippen molar-refractivity contribution in [2.24, 2.45) is 5.73 Å². The molecular weight excluding hydrogens is 502 g/mol. The first-order valence-electron chi connectivity index (χ1n) is 11.5. The zero-order valence-corrected chi connectivity index (χ0v) is 21.2. The summed E-state index contributed by atoms with van der Waals surface area (Å²) in [5.74, 6) is -2.49. The average molecular weight is 524 g/mol. The van der Waals surface area contributed by atoms with E-state index >= 15 is 0 Å². The lowest BCUT2D eigenvalue weighted by atomic mass is 9.81. The lowest BCUT2D eigenvalue weighted by Crippen LogP contribution is -2.40. The van der Waals surface area contributed by atoms with Gasteiger partial charge in [0.15, 0.2) is 0 Å². The number of carbonyl (C=O) groups excluding carboxylic acids is 2. The number of nitriles is 1. The summed E-state index contributed by atoms with van der Waals surface area (Å²) in [5.41, 5.74) is 9.17. The topological polar surface area (TPSA) is 131 Å². The van der Waals surface area contributed by atoms with E-state index in [9.17, 15) is 14.9 Å². The molecule has 38 heavy (non-hydrogen) atoms.